The highest BCUT2D eigenvalue weighted by Crippen LogP contribution is 2.50. The Hall–Kier alpha value is -4.71. The number of nitrogens with zero attached hydrogens (tertiary/aromatic N) is 4. The number of benzene rings is 4. The van der Waals surface area contributed by atoms with Crippen LogP contribution in [0.25, 0.3) is 16.4 Å². The normalized spacial score (nSPS) is 14.3. The third-order valence-electron chi connectivity index (χ3n) is 6.79. The van der Waals surface area contributed by atoms with Crippen LogP contribution < -0.4 is 9.47 Å². The van der Waals surface area contributed by atoms with Gasteiger partial charge in [-0.3, -0.25) is 0 Å². The number of aromatic nitrogens is 4. The second-order valence-corrected chi connectivity index (χ2v) is 8.94. The van der Waals surface area contributed by atoms with Gasteiger partial charge in [0.2, 0.25) is 5.88 Å². The number of fused-ring (bicyclic) bond motifs is 6. The molecule has 0 N–H and O–H groups in total. The van der Waals surface area contributed by atoms with Crippen molar-refractivity contribution in [3.8, 4) is 17.4 Å². The molecule has 1 atom stereocenters. The lowest BCUT2D eigenvalue weighted by Crippen LogP contribution is -2.15. The molecule has 6 aromatic rings. The molecule has 0 unspecified atom stereocenters. The summed E-state index contributed by atoms with van der Waals surface area (Å²) in [4.78, 5) is 9.67. The third-order valence-corrected chi connectivity index (χ3v) is 6.79. The lowest BCUT2D eigenvalue weighted by Gasteiger charge is -2.28. The number of rotatable bonds is 4. The van der Waals surface area contributed by atoms with Crippen LogP contribution in [0, 0.1) is 0 Å². The van der Waals surface area contributed by atoms with E-state index in [0.717, 1.165) is 56.0 Å². The molecule has 0 aliphatic carbocycles. The molecule has 174 valence electrons. The van der Waals surface area contributed by atoms with Gasteiger partial charge in [0.25, 0.3) is 0 Å². The molecular weight excluding hydrogens is 448 g/mol. The Morgan fingerprint density at radius 2 is 1.69 bits per heavy atom. The minimum atomic E-state index is -0.121. The van der Waals surface area contributed by atoms with Crippen LogP contribution in [0.4, 0.5) is 0 Å². The molecule has 1 aliphatic rings. The summed E-state index contributed by atoms with van der Waals surface area (Å²) in [5, 5.41) is 6.93. The van der Waals surface area contributed by atoms with E-state index in [1.54, 1.807) is 18.0 Å². The minimum absolute atomic E-state index is 0.121. The quantitative estimate of drug-likeness (QED) is 0.308. The van der Waals surface area contributed by atoms with Crippen molar-refractivity contribution in [1.29, 1.82) is 0 Å². The SMILES string of the molecule is COc1ccc([C@H]2c3ccc4ccccc4c3Oc3ncn4nc(Cc5ccccc5)nc4c32)cc1. The molecule has 2 aromatic heterocycles. The van der Waals surface area contributed by atoms with E-state index >= 15 is 0 Å². The number of methoxy groups -OCH3 is 1. The van der Waals surface area contributed by atoms with Gasteiger partial charge in [-0.05, 0) is 28.6 Å². The van der Waals surface area contributed by atoms with Crippen LogP contribution in [-0.2, 0) is 6.42 Å². The number of hydrogen-bond acceptors (Lipinski definition) is 5. The molecule has 7 rings (SSSR count). The van der Waals surface area contributed by atoms with Crippen molar-refractivity contribution in [2.45, 2.75) is 12.3 Å². The highest BCUT2D eigenvalue weighted by atomic mass is 16.5. The van der Waals surface area contributed by atoms with Gasteiger partial charge in [0.15, 0.2) is 11.5 Å². The van der Waals surface area contributed by atoms with Crippen molar-refractivity contribution >= 4 is 16.4 Å². The van der Waals surface area contributed by atoms with E-state index in [1.807, 2.05) is 42.5 Å². The summed E-state index contributed by atoms with van der Waals surface area (Å²) in [5.41, 5.74) is 5.02. The Kier molecular flexibility index (Phi) is 4.70. The van der Waals surface area contributed by atoms with E-state index < -0.39 is 0 Å². The van der Waals surface area contributed by atoms with Crippen molar-refractivity contribution in [2.75, 3.05) is 7.11 Å². The first-order valence-corrected chi connectivity index (χ1v) is 11.9. The van der Waals surface area contributed by atoms with Gasteiger partial charge in [-0.25, -0.2) is 14.5 Å². The van der Waals surface area contributed by atoms with Gasteiger partial charge in [-0.2, -0.15) is 0 Å². The van der Waals surface area contributed by atoms with Crippen molar-refractivity contribution in [3.05, 3.63) is 125 Å². The lowest BCUT2D eigenvalue weighted by atomic mass is 9.83. The highest BCUT2D eigenvalue weighted by Gasteiger charge is 2.34. The molecule has 0 spiro atoms. The fraction of sp³-hybridized carbons (Fsp3) is 0.100. The van der Waals surface area contributed by atoms with Crippen molar-refractivity contribution in [1.82, 2.24) is 19.6 Å². The molecule has 6 heteroatoms. The Morgan fingerprint density at radius 1 is 0.889 bits per heavy atom. The van der Waals surface area contributed by atoms with Gasteiger partial charge in [-0.1, -0.05) is 78.9 Å². The first-order chi connectivity index (χ1) is 17.8. The minimum Gasteiger partial charge on any atom is -0.497 e. The summed E-state index contributed by atoms with van der Waals surface area (Å²) in [5.74, 6) is 2.83. The molecule has 0 bridgehead atoms. The molecule has 0 saturated carbocycles. The maximum atomic E-state index is 6.51. The summed E-state index contributed by atoms with van der Waals surface area (Å²) >= 11 is 0. The fourth-order valence-electron chi connectivity index (χ4n) is 5.09. The summed E-state index contributed by atoms with van der Waals surface area (Å²) < 4.78 is 13.7. The van der Waals surface area contributed by atoms with Gasteiger partial charge >= 0.3 is 0 Å². The molecule has 36 heavy (non-hydrogen) atoms. The van der Waals surface area contributed by atoms with E-state index in [4.69, 9.17) is 24.5 Å². The first-order valence-electron chi connectivity index (χ1n) is 11.9. The van der Waals surface area contributed by atoms with Crippen LogP contribution in [-0.4, -0.2) is 26.7 Å². The van der Waals surface area contributed by atoms with E-state index in [0.29, 0.717) is 12.3 Å². The van der Waals surface area contributed by atoms with E-state index in [2.05, 4.69) is 48.5 Å². The largest absolute Gasteiger partial charge is 0.497 e. The summed E-state index contributed by atoms with van der Waals surface area (Å²) in [7, 11) is 1.68. The summed E-state index contributed by atoms with van der Waals surface area (Å²) in [6, 6.07) is 31.0. The Balaban J connectivity index is 1.45. The summed E-state index contributed by atoms with van der Waals surface area (Å²) in [6.07, 6.45) is 2.34. The standard InChI is InChI=1S/C30H22N4O2/c1-35-22-14-11-21(12-15-22)26-24-16-13-20-9-5-6-10-23(20)28(24)36-30-27(26)29-32-25(33-34(29)18-31-30)17-19-7-3-2-4-8-19/h2-16,18,26H,17H2,1H3/t26-/m0/s1. The average Bonchev–Trinajstić information content (AvgIpc) is 3.35. The van der Waals surface area contributed by atoms with E-state index in [1.165, 1.54) is 0 Å². The average molecular weight is 471 g/mol. The molecule has 0 amide bonds. The van der Waals surface area contributed by atoms with Gasteiger partial charge in [0.1, 0.15) is 17.8 Å². The monoisotopic (exact) mass is 470 g/mol. The van der Waals surface area contributed by atoms with Crippen molar-refractivity contribution < 1.29 is 9.47 Å². The maximum Gasteiger partial charge on any atom is 0.228 e. The van der Waals surface area contributed by atoms with Crippen LogP contribution >= 0.6 is 0 Å². The van der Waals surface area contributed by atoms with Crippen molar-refractivity contribution in [2.24, 2.45) is 0 Å². The highest BCUT2D eigenvalue weighted by molar-refractivity contribution is 5.91. The molecule has 0 radical (unpaired) electrons. The van der Waals surface area contributed by atoms with Crippen LogP contribution in [0.5, 0.6) is 17.4 Å². The molecule has 4 aromatic carbocycles. The van der Waals surface area contributed by atoms with Gasteiger partial charge in [-0.15, -0.1) is 5.10 Å². The Bertz CT molecular complexity index is 1730. The molecule has 6 nitrogen and oxygen atoms in total. The van der Waals surface area contributed by atoms with E-state index in [9.17, 15) is 0 Å². The fourth-order valence-corrected chi connectivity index (χ4v) is 5.09. The van der Waals surface area contributed by atoms with Crippen LogP contribution in [0.2, 0.25) is 0 Å². The molecule has 3 heterocycles. The van der Waals surface area contributed by atoms with Gasteiger partial charge in [0, 0.05) is 23.3 Å². The Labute approximate surface area is 207 Å². The zero-order valence-corrected chi connectivity index (χ0v) is 19.6. The predicted molar refractivity (Wildman–Crippen MR) is 138 cm³/mol. The second kappa shape index (κ2) is 8.20. The number of hydrogen-bond donors (Lipinski definition) is 0. The van der Waals surface area contributed by atoms with Crippen LogP contribution in [0.15, 0.2) is 97.3 Å². The van der Waals surface area contributed by atoms with Crippen LogP contribution in [0.1, 0.15) is 34.0 Å². The molecule has 0 saturated heterocycles. The zero-order chi connectivity index (χ0) is 24.1. The first kappa shape index (κ1) is 20.6. The maximum absolute atomic E-state index is 6.51. The zero-order valence-electron chi connectivity index (χ0n) is 19.6. The molecule has 0 fully saturated rings. The smallest absolute Gasteiger partial charge is 0.228 e. The molecule has 1 aliphatic heterocycles. The summed E-state index contributed by atoms with van der Waals surface area (Å²) in [6.45, 7) is 0. The van der Waals surface area contributed by atoms with Gasteiger partial charge < -0.3 is 9.47 Å². The predicted octanol–water partition coefficient (Wildman–Crippen LogP) is 6.16. The van der Waals surface area contributed by atoms with Crippen LogP contribution in [0.3, 0.4) is 0 Å². The van der Waals surface area contributed by atoms with E-state index in [-0.39, 0.29) is 5.92 Å². The third kappa shape index (κ3) is 3.30. The lowest BCUT2D eigenvalue weighted by molar-refractivity contribution is 0.414. The topological polar surface area (TPSA) is 61.5 Å². The molecular formula is C30H22N4O2. The Morgan fingerprint density at radius 3 is 2.53 bits per heavy atom. The number of ether oxygens (including phenoxy) is 2. The van der Waals surface area contributed by atoms with Crippen molar-refractivity contribution in [3.63, 3.8) is 0 Å². The second-order valence-electron chi connectivity index (χ2n) is 8.94. The van der Waals surface area contributed by atoms with Gasteiger partial charge in [0.05, 0.1) is 12.7 Å².